The minimum atomic E-state index is -4.35. The summed E-state index contributed by atoms with van der Waals surface area (Å²) in [6.07, 6.45) is 0. The van der Waals surface area contributed by atoms with Crippen LogP contribution in [0.15, 0.2) is 17.0 Å². The molecule has 0 aliphatic heterocycles. The highest BCUT2D eigenvalue weighted by Gasteiger charge is 2.28. The minimum Gasteiger partial charge on any atom is -0.399 e. The number of nitriles is 2. The fourth-order valence-electron chi connectivity index (χ4n) is 1.29. The molecule has 2 N–H and O–H groups in total. The van der Waals surface area contributed by atoms with Crippen LogP contribution in [0, 0.1) is 28.5 Å². The van der Waals surface area contributed by atoms with E-state index in [4.69, 9.17) is 27.9 Å². The van der Waals surface area contributed by atoms with Crippen molar-refractivity contribution in [2.24, 2.45) is 0 Å². The van der Waals surface area contributed by atoms with E-state index in [1.807, 2.05) is 0 Å². The molecule has 0 spiro atoms. The molecule has 0 atom stereocenters. The van der Waals surface area contributed by atoms with Gasteiger partial charge in [-0.15, -0.1) is 0 Å². The lowest BCUT2D eigenvalue weighted by molar-refractivity contribution is 0.471. The van der Waals surface area contributed by atoms with Crippen molar-refractivity contribution < 1.29 is 12.8 Å². The molecule has 1 rings (SSSR count). The lowest BCUT2D eigenvalue weighted by Crippen LogP contribution is -2.32. The number of benzene rings is 1. The largest absolute Gasteiger partial charge is 0.399 e. The summed E-state index contributed by atoms with van der Waals surface area (Å²) < 4.78 is 38.5. The van der Waals surface area contributed by atoms with Crippen LogP contribution < -0.4 is 5.73 Å². The van der Waals surface area contributed by atoms with E-state index in [-0.39, 0.29) is 5.69 Å². The second-order valence-corrected chi connectivity index (χ2v) is 5.72. The number of sulfonamides is 1. The average Bonchev–Trinajstić information content (AvgIpc) is 2.33. The third-order valence-electron chi connectivity index (χ3n) is 2.13. The van der Waals surface area contributed by atoms with Gasteiger partial charge in [-0.1, -0.05) is 11.6 Å². The molecule has 0 aromatic heterocycles. The van der Waals surface area contributed by atoms with Crippen LogP contribution in [0.2, 0.25) is 5.02 Å². The van der Waals surface area contributed by atoms with Crippen molar-refractivity contribution >= 4 is 27.3 Å². The predicted molar refractivity (Wildman–Crippen MR) is 65.8 cm³/mol. The number of halogens is 2. The van der Waals surface area contributed by atoms with Gasteiger partial charge in [-0.2, -0.15) is 14.8 Å². The molecule has 0 aliphatic carbocycles. The van der Waals surface area contributed by atoms with Gasteiger partial charge in [0.1, 0.15) is 18.0 Å². The first-order valence-corrected chi connectivity index (χ1v) is 6.65. The van der Waals surface area contributed by atoms with Crippen molar-refractivity contribution in [2.75, 3.05) is 18.8 Å². The van der Waals surface area contributed by atoms with Crippen LogP contribution in [0.1, 0.15) is 0 Å². The fourth-order valence-corrected chi connectivity index (χ4v) is 2.93. The molecule has 0 aliphatic rings. The molecule has 0 saturated heterocycles. The lowest BCUT2D eigenvalue weighted by Gasteiger charge is -2.17. The Labute approximate surface area is 114 Å². The summed E-state index contributed by atoms with van der Waals surface area (Å²) >= 11 is 5.52. The van der Waals surface area contributed by atoms with Crippen LogP contribution in [-0.2, 0) is 10.0 Å². The van der Waals surface area contributed by atoms with Gasteiger partial charge in [-0.05, 0) is 12.1 Å². The first-order valence-electron chi connectivity index (χ1n) is 4.83. The lowest BCUT2D eigenvalue weighted by atomic mass is 10.3. The van der Waals surface area contributed by atoms with Gasteiger partial charge in [0.25, 0.3) is 0 Å². The molecule has 0 heterocycles. The Bertz CT molecular complexity index is 662. The standard InChI is InChI=1S/C10H8ClFN4O2S/c11-8-5-7(15)6-9(10(8)12)19(17,18)16(3-1-13)4-2-14/h5-6H,3-4,15H2. The Morgan fingerprint density at radius 3 is 2.32 bits per heavy atom. The van der Waals surface area contributed by atoms with E-state index in [0.717, 1.165) is 12.1 Å². The molecular weight excluding hydrogens is 295 g/mol. The SMILES string of the molecule is N#CCN(CC#N)S(=O)(=O)c1cc(N)cc(Cl)c1F. The Balaban J connectivity index is 3.43. The zero-order valence-corrected chi connectivity index (χ0v) is 11.0. The maximum Gasteiger partial charge on any atom is 0.248 e. The summed E-state index contributed by atoms with van der Waals surface area (Å²) in [6, 6.07) is 5.12. The Morgan fingerprint density at radius 2 is 1.84 bits per heavy atom. The van der Waals surface area contributed by atoms with E-state index in [0.29, 0.717) is 4.31 Å². The average molecular weight is 303 g/mol. The smallest absolute Gasteiger partial charge is 0.248 e. The minimum absolute atomic E-state index is 0.0427. The molecule has 0 amide bonds. The van der Waals surface area contributed by atoms with Gasteiger partial charge in [0.05, 0.1) is 17.2 Å². The zero-order valence-electron chi connectivity index (χ0n) is 9.47. The number of nitrogen functional groups attached to an aromatic ring is 1. The van der Waals surface area contributed by atoms with Crippen molar-refractivity contribution in [1.82, 2.24) is 4.31 Å². The van der Waals surface area contributed by atoms with Gasteiger partial charge in [-0.3, -0.25) is 0 Å². The summed E-state index contributed by atoms with van der Waals surface area (Å²) in [7, 11) is -4.35. The van der Waals surface area contributed by atoms with Crippen molar-refractivity contribution in [3.05, 3.63) is 23.0 Å². The fraction of sp³-hybridized carbons (Fsp3) is 0.200. The molecule has 19 heavy (non-hydrogen) atoms. The zero-order chi connectivity index (χ0) is 14.6. The number of hydrogen-bond acceptors (Lipinski definition) is 5. The second-order valence-electron chi connectivity index (χ2n) is 3.40. The van der Waals surface area contributed by atoms with E-state index in [1.54, 1.807) is 12.1 Å². The molecular formula is C10H8ClFN4O2S. The maximum atomic E-state index is 13.8. The van der Waals surface area contributed by atoms with Crippen LogP contribution in [0.5, 0.6) is 0 Å². The first-order chi connectivity index (χ1) is 8.84. The molecule has 0 unspecified atom stereocenters. The van der Waals surface area contributed by atoms with Gasteiger partial charge in [0.15, 0.2) is 5.82 Å². The summed E-state index contributed by atoms with van der Waals surface area (Å²) in [5.74, 6) is -1.17. The van der Waals surface area contributed by atoms with Crippen LogP contribution in [0.25, 0.3) is 0 Å². The van der Waals surface area contributed by atoms with Crippen molar-refractivity contribution in [1.29, 1.82) is 10.5 Å². The van der Waals surface area contributed by atoms with Crippen molar-refractivity contribution in [3.63, 3.8) is 0 Å². The first kappa shape index (κ1) is 15.2. The Kier molecular flexibility index (Phi) is 4.67. The van der Waals surface area contributed by atoms with Crippen molar-refractivity contribution in [3.8, 4) is 12.1 Å². The molecule has 100 valence electrons. The van der Waals surface area contributed by atoms with Gasteiger partial charge in [-0.25, -0.2) is 12.8 Å². The van der Waals surface area contributed by atoms with Crippen LogP contribution in [0.3, 0.4) is 0 Å². The maximum absolute atomic E-state index is 13.8. The van der Waals surface area contributed by atoms with Gasteiger partial charge in [0, 0.05) is 5.69 Å². The van der Waals surface area contributed by atoms with Crippen LogP contribution in [0.4, 0.5) is 10.1 Å². The highest BCUT2D eigenvalue weighted by Crippen LogP contribution is 2.27. The normalized spacial score (nSPS) is 11.0. The van der Waals surface area contributed by atoms with E-state index in [2.05, 4.69) is 0 Å². The third-order valence-corrected chi connectivity index (χ3v) is 4.20. The summed E-state index contributed by atoms with van der Waals surface area (Å²) in [5, 5.41) is 16.6. The molecule has 1 aromatic carbocycles. The quantitative estimate of drug-likeness (QED) is 0.661. The van der Waals surface area contributed by atoms with Crippen LogP contribution >= 0.6 is 11.6 Å². The monoisotopic (exact) mass is 302 g/mol. The molecule has 9 heteroatoms. The highest BCUT2D eigenvalue weighted by molar-refractivity contribution is 7.89. The second kappa shape index (κ2) is 5.85. The van der Waals surface area contributed by atoms with Crippen LogP contribution in [-0.4, -0.2) is 25.8 Å². The molecule has 0 radical (unpaired) electrons. The Morgan fingerprint density at radius 1 is 1.32 bits per heavy atom. The summed E-state index contributed by atoms with van der Waals surface area (Å²) in [4.78, 5) is -0.761. The highest BCUT2D eigenvalue weighted by atomic mass is 35.5. The van der Waals surface area contributed by atoms with Crippen molar-refractivity contribution in [2.45, 2.75) is 4.90 Å². The Hall–Kier alpha value is -1.87. The van der Waals surface area contributed by atoms with E-state index in [1.165, 1.54) is 0 Å². The number of hydrogen-bond donors (Lipinski definition) is 1. The third kappa shape index (κ3) is 3.12. The van der Waals surface area contributed by atoms with Gasteiger partial charge < -0.3 is 5.73 Å². The van der Waals surface area contributed by atoms with Gasteiger partial charge in [0.2, 0.25) is 10.0 Å². The van der Waals surface area contributed by atoms with E-state index >= 15 is 0 Å². The number of nitrogens with zero attached hydrogens (tertiary/aromatic N) is 3. The molecule has 6 nitrogen and oxygen atoms in total. The number of nitrogens with two attached hydrogens (primary N) is 1. The summed E-state index contributed by atoms with van der Waals surface area (Å²) in [5.41, 5.74) is 5.37. The number of anilines is 1. The number of rotatable bonds is 4. The predicted octanol–water partition coefficient (Wildman–Crippen LogP) is 1.10. The molecule has 0 bridgehead atoms. The molecule has 0 saturated carbocycles. The topological polar surface area (TPSA) is 111 Å². The van der Waals surface area contributed by atoms with E-state index in [9.17, 15) is 12.8 Å². The molecule has 1 aromatic rings. The van der Waals surface area contributed by atoms with E-state index < -0.39 is 38.8 Å². The molecule has 0 fully saturated rings. The van der Waals surface area contributed by atoms with Gasteiger partial charge >= 0.3 is 0 Å². The summed E-state index contributed by atoms with van der Waals surface area (Å²) in [6.45, 7) is -1.16.